The first kappa shape index (κ1) is 21.8. The fourth-order valence-electron chi connectivity index (χ4n) is 4.21. The third kappa shape index (κ3) is 4.52. The van der Waals surface area contributed by atoms with Crippen LogP contribution in [-0.4, -0.2) is 38.7 Å². The van der Waals surface area contributed by atoms with Gasteiger partial charge in [0.1, 0.15) is 18.2 Å². The van der Waals surface area contributed by atoms with Crippen LogP contribution in [-0.2, 0) is 24.2 Å². The summed E-state index contributed by atoms with van der Waals surface area (Å²) in [7, 11) is 0. The summed E-state index contributed by atoms with van der Waals surface area (Å²) >= 11 is 0. The maximum atomic E-state index is 13.5. The lowest BCUT2D eigenvalue weighted by Crippen LogP contribution is -2.36. The Hall–Kier alpha value is -4.07. The monoisotopic (exact) mass is 459 g/mol. The second kappa shape index (κ2) is 9.05. The summed E-state index contributed by atoms with van der Waals surface area (Å²) in [6.07, 6.45) is 1.49. The molecule has 172 valence electrons. The van der Waals surface area contributed by atoms with Crippen LogP contribution < -0.4 is 5.73 Å². The molecule has 0 aliphatic carbocycles. The number of fused-ring (bicyclic) bond motifs is 1. The average molecular weight is 460 g/mol. The number of hydrogen-bond acceptors (Lipinski definition) is 4. The molecule has 0 saturated heterocycles. The Kier molecular flexibility index (Phi) is 5.79. The lowest BCUT2D eigenvalue weighted by Gasteiger charge is -2.20. The Bertz CT molecular complexity index is 1330. The number of carbonyl (C=O) groups excluding carboxylic acids is 1. The second-order valence-corrected chi connectivity index (χ2v) is 8.34. The van der Waals surface area contributed by atoms with Crippen molar-refractivity contribution in [1.82, 2.24) is 19.7 Å². The lowest BCUT2D eigenvalue weighted by molar-refractivity contribution is -0.131. The van der Waals surface area contributed by atoms with Crippen molar-refractivity contribution in [3.05, 3.63) is 89.5 Å². The quantitative estimate of drug-likeness (QED) is 0.466. The van der Waals surface area contributed by atoms with Gasteiger partial charge < -0.3 is 10.6 Å². The molecule has 0 radical (unpaired) electrons. The highest BCUT2D eigenvalue weighted by molar-refractivity contribution is 5.77. The van der Waals surface area contributed by atoms with Crippen molar-refractivity contribution in [1.29, 1.82) is 0 Å². The molecule has 6 nitrogen and oxygen atoms in total. The molecule has 0 unspecified atom stereocenters. The Morgan fingerprint density at radius 1 is 0.853 bits per heavy atom. The molecule has 2 N–H and O–H groups in total. The summed E-state index contributed by atoms with van der Waals surface area (Å²) in [5, 5.41) is 4.54. The van der Waals surface area contributed by atoms with E-state index in [1.807, 2.05) is 23.1 Å². The minimum atomic E-state index is -0.366. The third-order valence-electron chi connectivity index (χ3n) is 6.05. The Morgan fingerprint density at radius 2 is 1.47 bits per heavy atom. The summed E-state index contributed by atoms with van der Waals surface area (Å²) in [6, 6.07) is 17.6. The zero-order valence-corrected chi connectivity index (χ0v) is 18.4. The van der Waals surface area contributed by atoms with Crippen LogP contribution in [0, 0.1) is 11.6 Å². The van der Waals surface area contributed by atoms with E-state index in [-0.39, 0.29) is 24.1 Å². The van der Waals surface area contributed by atoms with Gasteiger partial charge in [-0.2, -0.15) is 0 Å². The molecule has 2 heterocycles. The fraction of sp³-hybridized carbons (Fsp3) is 0.192. The van der Waals surface area contributed by atoms with Gasteiger partial charge in [0.05, 0.1) is 0 Å². The van der Waals surface area contributed by atoms with Crippen molar-refractivity contribution >= 4 is 11.6 Å². The second-order valence-electron chi connectivity index (χ2n) is 8.34. The highest BCUT2D eigenvalue weighted by Gasteiger charge is 2.22. The van der Waals surface area contributed by atoms with Crippen LogP contribution in [0.4, 0.5) is 14.5 Å². The van der Waals surface area contributed by atoms with E-state index < -0.39 is 0 Å². The number of nitrogens with zero attached hydrogens (tertiary/aromatic N) is 4. The molecule has 0 atom stereocenters. The van der Waals surface area contributed by atoms with Gasteiger partial charge in [-0.15, -0.1) is 5.10 Å². The average Bonchev–Trinajstić information content (AvgIpc) is 3.12. The van der Waals surface area contributed by atoms with Gasteiger partial charge in [-0.3, -0.25) is 4.79 Å². The molecule has 1 aliphatic heterocycles. The number of halogens is 2. The highest BCUT2D eigenvalue weighted by atomic mass is 19.1. The summed E-state index contributed by atoms with van der Waals surface area (Å²) in [6.45, 7) is 1.17. The smallest absolute Gasteiger partial charge is 0.244 e. The molecule has 0 saturated carbocycles. The van der Waals surface area contributed by atoms with Crippen molar-refractivity contribution in [2.24, 2.45) is 0 Å². The molecule has 0 spiro atoms. The topological polar surface area (TPSA) is 77.0 Å². The maximum Gasteiger partial charge on any atom is 0.244 e. The summed E-state index contributed by atoms with van der Waals surface area (Å²) < 4.78 is 28.4. The van der Waals surface area contributed by atoms with E-state index in [2.05, 4.69) is 10.1 Å². The summed E-state index contributed by atoms with van der Waals surface area (Å²) in [5.74, 6) is -0.000391. The van der Waals surface area contributed by atoms with Gasteiger partial charge in [0.25, 0.3) is 0 Å². The molecule has 34 heavy (non-hydrogen) atoms. The number of nitrogen functional groups attached to an aromatic ring is 1. The van der Waals surface area contributed by atoms with Gasteiger partial charge in [-0.05, 0) is 84.6 Å². The van der Waals surface area contributed by atoms with Gasteiger partial charge in [0.2, 0.25) is 5.91 Å². The van der Waals surface area contributed by atoms with Crippen LogP contribution in [0.25, 0.3) is 22.8 Å². The van der Waals surface area contributed by atoms with E-state index in [0.29, 0.717) is 35.9 Å². The molecule has 3 aromatic carbocycles. The molecular formula is C26H23F2N5O. The van der Waals surface area contributed by atoms with Crippen molar-refractivity contribution < 1.29 is 13.6 Å². The predicted octanol–water partition coefficient (Wildman–Crippen LogP) is 4.10. The number of benzene rings is 3. The Balaban J connectivity index is 1.42. The van der Waals surface area contributed by atoms with E-state index >= 15 is 0 Å². The molecule has 1 amide bonds. The van der Waals surface area contributed by atoms with Crippen LogP contribution in [0.3, 0.4) is 0 Å². The Labute approximate surface area is 195 Å². The van der Waals surface area contributed by atoms with Crippen LogP contribution in [0.1, 0.15) is 11.1 Å². The number of rotatable bonds is 4. The van der Waals surface area contributed by atoms with Gasteiger partial charge in [-0.25, -0.2) is 18.4 Å². The van der Waals surface area contributed by atoms with Gasteiger partial charge >= 0.3 is 0 Å². The number of amides is 1. The lowest BCUT2D eigenvalue weighted by atomic mass is 10.0. The normalized spacial score (nSPS) is 13.4. The molecule has 8 heteroatoms. The first-order chi connectivity index (χ1) is 16.5. The molecule has 5 rings (SSSR count). The number of aromatic nitrogens is 3. The Morgan fingerprint density at radius 3 is 2.15 bits per heavy atom. The number of hydrogen-bond donors (Lipinski definition) is 1. The van der Waals surface area contributed by atoms with Crippen molar-refractivity contribution in [2.45, 2.75) is 19.4 Å². The molecule has 1 aliphatic rings. The fourth-order valence-corrected chi connectivity index (χ4v) is 4.21. The predicted molar refractivity (Wildman–Crippen MR) is 126 cm³/mol. The highest BCUT2D eigenvalue weighted by Crippen LogP contribution is 2.24. The summed E-state index contributed by atoms with van der Waals surface area (Å²) in [4.78, 5) is 19.7. The van der Waals surface area contributed by atoms with Crippen LogP contribution in [0.5, 0.6) is 0 Å². The SMILES string of the molecule is Nc1ccc2c(c1)CCN(C(=O)Cn1nc(-c3ccc(F)cc3)nc1-c1ccc(F)cc1)CC2. The minimum Gasteiger partial charge on any atom is -0.399 e. The molecule has 0 bridgehead atoms. The van der Waals surface area contributed by atoms with E-state index in [1.165, 1.54) is 40.1 Å². The minimum absolute atomic E-state index is 0.0145. The number of nitrogens with two attached hydrogens (primary N) is 1. The third-order valence-corrected chi connectivity index (χ3v) is 6.05. The van der Waals surface area contributed by atoms with Crippen molar-refractivity contribution in [2.75, 3.05) is 18.8 Å². The van der Waals surface area contributed by atoms with Gasteiger partial charge in [0.15, 0.2) is 11.6 Å². The van der Waals surface area contributed by atoms with Crippen molar-refractivity contribution in [3.63, 3.8) is 0 Å². The zero-order chi connectivity index (χ0) is 23.7. The zero-order valence-electron chi connectivity index (χ0n) is 18.4. The van der Waals surface area contributed by atoms with Crippen LogP contribution >= 0.6 is 0 Å². The molecule has 1 aromatic heterocycles. The van der Waals surface area contributed by atoms with Gasteiger partial charge in [0, 0.05) is 29.9 Å². The first-order valence-corrected chi connectivity index (χ1v) is 11.1. The first-order valence-electron chi connectivity index (χ1n) is 11.1. The number of carbonyl (C=O) groups is 1. The van der Waals surface area contributed by atoms with E-state index in [1.54, 1.807) is 24.3 Å². The van der Waals surface area contributed by atoms with Crippen LogP contribution in [0.2, 0.25) is 0 Å². The number of anilines is 1. The van der Waals surface area contributed by atoms with Gasteiger partial charge in [-0.1, -0.05) is 6.07 Å². The van der Waals surface area contributed by atoms with Crippen molar-refractivity contribution in [3.8, 4) is 22.8 Å². The van der Waals surface area contributed by atoms with Crippen LogP contribution in [0.15, 0.2) is 66.7 Å². The van der Waals surface area contributed by atoms with E-state index in [4.69, 9.17) is 5.73 Å². The largest absolute Gasteiger partial charge is 0.399 e. The summed E-state index contributed by atoms with van der Waals surface area (Å²) in [5.41, 5.74) is 10.3. The standard InChI is InChI=1S/C26H23F2N5O/c27-21-6-1-18(2-7-21)25-30-26(19-3-8-22(28)9-4-19)33(31-25)16-24(34)32-13-11-17-5-10-23(29)15-20(17)12-14-32/h1-10,15H,11-14,16,29H2. The molecular weight excluding hydrogens is 436 g/mol. The maximum absolute atomic E-state index is 13.5. The van der Waals surface area contributed by atoms with E-state index in [9.17, 15) is 13.6 Å². The molecule has 0 fully saturated rings. The van der Waals surface area contributed by atoms with E-state index in [0.717, 1.165) is 18.5 Å². The molecule has 4 aromatic rings.